The maximum atomic E-state index is 12.0. The Bertz CT molecular complexity index is 899. The number of rotatable bonds is 7. The van der Waals surface area contributed by atoms with Crippen LogP contribution in [0.2, 0.25) is 0 Å². The molecule has 0 unspecified atom stereocenters. The van der Waals surface area contributed by atoms with E-state index in [1.807, 2.05) is 55.5 Å². The molecule has 5 nitrogen and oxygen atoms in total. The van der Waals surface area contributed by atoms with Crippen LogP contribution in [0.4, 0.5) is 0 Å². The van der Waals surface area contributed by atoms with Crippen molar-refractivity contribution in [2.45, 2.75) is 19.8 Å². The largest absolute Gasteiger partial charge is 0.464 e. The van der Waals surface area contributed by atoms with Crippen molar-refractivity contribution in [1.82, 2.24) is 5.32 Å². The second kappa shape index (κ2) is 8.34. The van der Waals surface area contributed by atoms with Gasteiger partial charge in [-0.3, -0.25) is 9.59 Å². The average Bonchev–Trinajstić information content (AvgIpc) is 3.02. The summed E-state index contributed by atoms with van der Waals surface area (Å²) in [6.45, 7) is 2.21. The van der Waals surface area contributed by atoms with Gasteiger partial charge in [0.05, 0.1) is 12.7 Å². The highest BCUT2D eigenvalue weighted by molar-refractivity contribution is 5.87. The van der Waals surface area contributed by atoms with Gasteiger partial charge in [0, 0.05) is 17.5 Å². The Kier molecular flexibility index (Phi) is 5.69. The van der Waals surface area contributed by atoms with Crippen molar-refractivity contribution in [1.29, 1.82) is 0 Å². The van der Waals surface area contributed by atoms with Gasteiger partial charge < -0.3 is 14.5 Å². The molecule has 0 aliphatic rings. The van der Waals surface area contributed by atoms with Crippen LogP contribution < -0.4 is 5.32 Å². The zero-order valence-corrected chi connectivity index (χ0v) is 14.7. The minimum atomic E-state index is -0.452. The number of fused-ring (bicyclic) bond motifs is 1. The number of esters is 1. The molecule has 5 heteroatoms. The van der Waals surface area contributed by atoms with Gasteiger partial charge in [-0.05, 0) is 30.5 Å². The Hall–Kier alpha value is -3.08. The molecule has 0 aliphatic heterocycles. The van der Waals surface area contributed by atoms with E-state index >= 15 is 0 Å². The van der Waals surface area contributed by atoms with E-state index < -0.39 is 5.97 Å². The van der Waals surface area contributed by atoms with Crippen molar-refractivity contribution in [3.8, 4) is 0 Å². The summed E-state index contributed by atoms with van der Waals surface area (Å²) < 4.78 is 10.5. The molecule has 3 aromatic rings. The summed E-state index contributed by atoms with van der Waals surface area (Å²) in [5.41, 5.74) is 3.74. The number of hydrogen-bond acceptors (Lipinski definition) is 4. The fraction of sp³-hybridized carbons (Fsp3) is 0.238. The lowest BCUT2D eigenvalue weighted by Gasteiger charge is -2.06. The Balaban J connectivity index is 1.42. The molecule has 1 N–H and O–H groups in total. The molecule has 1 aromatic heterocycles. The van der Waals surface area contributed by atoms with Crippen LogP contribution in [0.3, 0.4) is 0 Å². The van der Waals surface area contributed by atoms with Gasteiger partial charge >= 0.3 is 5.97 Å². The predicted molar refractivity (Wildman–Crippen MR) is 98.8 cm³/mol. The average molecular weight is 351 g/mol. The predicted octanol–water partition coefficient (Wildman–Crippen LogP) is 3.19. The van der Waals surface area contributed by atoms with Gasteiger partial charge in [-0.1, -0.05) is 42.5 Å². The molecule has 2 aromatic carbocycles. The standard InChI is InChI=1S/C21H21NO4/c1-15-7-8-18-17(13-25-19(18)11-15)12-21(24)26-14-20(23)22-10-9-16-5-3-2-4-6-16/h2-8,11,13H,9-10,12,14H2,1H3,(H,22,23). The van der Waals surface area contributed by atoms with Crippen LogP contribution >= 0.6 is 0 Å². The second-order valence-corrected chi connectivity index (χ2v) is 6.18. The van der Waals surface area contributed by atoms with Crippen LogP contribution in [0.15, 0.2) is 59.2 Å². The third-order valence-corrected chi connectivity index (χ3v) is 4.09. The summed E-state index contributed by atoms with van der Waals surface area (Å²) in [5, 5.41) is 3.64. The smallest absolute Gasteiger partial charge is 0.310 e. The number of aryl methyl sites for hydroxylation is 1. The van der Waals surface area contributed by atoms with Crippen molar-refractivity contribution < 1.29 is 18.7 Å². The lowest BCUT2D eigenvalue weighted by atomic mass is 10.1. The van der Waals surface area contributed by atoms with Gasteiger partial charge in [0.2, 0.25) is 0 Å². The first-order valence-corrected chi connectivity index (χ1v) is 8.55. The first kappa shape index (κ1) is 17.7. The molecular formula is C21H21NO4. The van der Waals surface area contributed by atoms with E-state index in [1.165, 1.54) is 0 Å². The molecule has 1 heterocycles. The zero-order chi connectivity index (χ0) is 18.4. The molecule has 3 rings (SSSR count). The highest BCUT2D eigenvalue weighted by Gasteiger charge is 2.13. The molecule has 0 bridgehead atoms. The third-order valence-electron chi connectivity index (χ3n) is 4.09. The first-order chi connectivity index (χ1) is 12.6. The van der Waals surface area contributed by atoms with Crippen LogP contribution in [0.25, 0.3) is 11.0 Å². The Morgan fingerprint density at radius 3 is 2.73 bits per heavy atom. The minimum absolute atomic E-state index is 0.0767. The maximum Gasteiger partial charge on any atom is 0.310 e. The number of ether oxygens (including phenoxy) is 1. The number of hydrogen-bond donors (Lipinski definition) is 1. The van der Waals surface area contributed by atoms with E-state index in [2.05, 4.69) is 5.32 Å². The Morgan fingerprint density at radius 2 is 1.92 bits per heavy atom. The maximum absolute atomic E-state index is 12.0. The highest BCUT2D eigenvalue weighted by Crippen LogP contribution is 2.22. The summed E-state index contributed by atoms with van der Waals surface area (Å²) in [6.07, 6.45) is 2.37. The second-order valence-electron chi connectivity index (χ2n) is 6.18. The summed E-state index contributed by atoms with van der Waals surface area (Å²) in [4.78, 5) is 23.8. The van der Waals surface area contributed by atoms with E-state index in [1.54, 1.807) is 6.26 Å². The molecule has 0 aliphatic carbocycles. The fourth-order valence-electron chi connectivity index (χ4n) is 2.72. The van der Waals surface area contributed by atoms with Crippen LogP contribution in [-0.4, -0.2) is 25.0 Å². The number of amides is 1. The topological polar surface area (TPSA) is 68.5 Å². The van der Waals surface area contributed by atoms with Crippen molar-refractivity contribution in [3.63, 3.8) is 0 Å². The number of carbonyl (C=O) groups is 2. The van der Waals surface area contributed by atoms with Gasteiger partial charge in [0.15, 0.2) is 6.61 Å². The summed E-state index contributed by atoms with van der Waals surface area (Å²) >= 11 is 0. The van der Waals surface area contributed by atoms with Crippen LogP contribution in [-0.2, 0) is 27.2 Å². The van der Waals surface area contributed by atoms with Crippen molar-refractivity contribution in [3.05, 3.63) is 71.5 Å². The Labute approximate surface area is 152 Å². The summed E-state index contributed by atoms with van der Waals surface area (Å²) in [5.74, 6) is -0.756. The lowest BCUT2D eigenvalue weighted by molar-refractivity contribution is -0.147. The molecule has 26 heavy (non-hydrogen) atoms. The first-order valence-electron chi connectivity index (χ1n) is 8.55. The molecule has 0 saturated heterocycles. The number of furan rings is 1. The van der Waals surface area contributed by atoms with Crippen LogP contribution in [0.1, 0.15) is 16.7 Å². The van der Waals surface area contributed by atoms with Gasteiger partial charge in [-0.15, -0.1) is 0 Å². The van der Waals surface area contributed by atoms with Gasteiger partial charge in [0.25, 0.3) is 5.91 Å². The monoisotopic (exact) mass is 351 g/mol. The number of nitrogens with one attached hydrogen (secondary N) is 1. The molecule has 0 saturated carbocycles. The molecule has 0 atom stereocenters. The van der Waals surface area contributed by atoms with Gasteiger partial charge in [-0.2, -0.15) is 0 Å². The van der Waals surface area contributed by atoms with Crippen LogP contribution in [0.5, 0.6) is 0 Å². The lowest BCUT2D eigenvalue weighted by Crippen LogP contribution is -2.30. The highest BCUT2D eigenvalue weighted by atomic mass is 16.5. The third kappa shape index (κ3) is 4.72. The van der Waals surface area contributed by atoms with Crippen molar-refractivity contribution in [2.75, 3.05) is 13.2 Å². The zero-order valence-electron chi connectivity index (χ0n) is 14.7. The number of carbonyl (C=O) groups excluding carboxylic acids is 2. The molecule has 0 spiro atoms. The minimum Gasteiger partial charge on any atom is -0.464 e. The van der Waals surface area contributed by atoms with E-state index in [4.69, 9.17) is 9.15 Å². The summed E-state index contributed by atoms with van der Waals surface area (Å²) in [7, 11) is 0. The quantitative estimate of drug-likeness (QED) is 0.664. The van der Waals surface area contributed by atoms with Crippen molar-refractivity contribution in [2.24, 2.45) is 0 Å². The van der Waals surface area contributed by atoms with Crippen molar-refractivity contribution >= 4 is 22.8 Å². The Morgan fingerprint density at radius 1 is 1.12 bits per heavy atom. The summed E-state index contributed by atoms with van der Waals surface area (Å²) in [6, 6.07) is 15.7. The van der Waals surface area contributed by atoms with E-state index in [0.29, 0.717) is 6.54 Å². The molecule has 1 amide bonds. The molecular weight excluding hydrogens is 330 g/mol. The van der Waals surface area contributed by atoms with Gasteiger partial charge in [0.1, 0.15) is 5.58 Å². The van der Waals surface area contributed by atoms with Gasteiger partial charge in [-0.25, -0.2) is 0 Å². The molecule has 134 valence electrons. The van der Waals surface area contributed by atoms with Crippen LogP contribution in [0, 0.1) is 6.92 Å². The SMILES string of the molecule is Cc1ccc2c(CC(=O)OCC(=O)NCCc3ccccc3)coc2c1. The van der Waals surface area contributed by atoms with E-state index in [9.17, 15) is 9.59 Å². The number of benzene rings is 2. The normalized spacial score (nSPS) is 10.7. The van der Waals surface area contributed by atoms with E-state index in [0.717, 1.165) is 34.1 Å². The molecule has 0 radical (unpaired) electrons. The molecule has 0 fully saturated rings. The van der Waals surface area contributed by atoms with E-state index in [-0.39, 0.29) is 18.9 Å². The fourth-order valence-corrected chi connectivity index (χ4v) is 2.72.